The van der Waals surface area contributed by atoms with Crippen LogP contribution < -0.4 is 10.2 Å². The molecular formula is C14H15BrN2O2. The second-order valence-electron chi connectivity index (χ2n) is 4.39. The van der Waals surface area contributed by atoms with Crippen LogP contribution in [0.2, 0.25) is 0 Å². The quantitative estimate of drug-likeness (QED) is 0.863. The molecule has 1 N–H and O–H groups in total. The van der Waals surface area contributed by atoms with Gasteiger partial charge in [-0.2, -0.15) is 0 Å². The maximum Gasteiger partial charge on any atom is 0.227 e. The van der Waals surface area contributed by atoms with E-state index in [2.05, 4.69) is 27.8 Å². The van der Waals surface area contributed by atoms with Gasteiger partial charge in [-0.1, -0.05) is 18.2 Å². The second-order valence-corrected chi connectivity index (χ2v) is 5.24. The van der Waals surface area contributed by atoms with Gasteiger partial charge in [0.2, 0.25) is 11.8 Å². The molecule has 1 aromatic rings. The van der Waals surface area contributed by atoms with E-state index in [0.717, 1.165) is 10.2 Å². The molecule has 0 spiro atoms. The second kappa shape index (κ2) is 6.02. The summed E-state index contributed by atoms with van der Waals surface area (Å²) >= 11 is 3.42. The zero-order chi connectivity index (χ0) is 13.8. The SMILES string of the molecule is C=CCNC(=O)C1CC(=O)N(c2ccccc2Br)C1. The fourth-order valence-corrected chi connectivity index (χ4v) is 2.60. The largest absolute Gasteiger partial charge is 0.352 e. The number of carbonyl (C=O) groups is 2. The summed E-state index contributed by atoms with van der Waals surface area (Å²) in [5.74, 6) is -0.409. The molecule has 1 aromatic carbocycles. The molecule has 1 saturated heterocycles. The molecule has 0 radical (unpaired) electrons. The molecule has 2 rings (SSSR count). The lowest BCUT2D eigenvalue weighted by atomic mass is 10.1. The molecule has 0 aromatic heterocycles. The van der Waals surface area contributed by atoms with Crippen LogP contribution in [0.1, 0.15) is 6.42 Å². The van der Waals surface area contributed by atoms with E-state index in [1.54, 1.807) is 11.0 Å². The molecule has 1 fully saturated rings. The summed E-state index contributed by atoms with van der Waals surface area (Å²) in [6.45, 7) is 4.40. The third-order valence-corrected chi connectivity index (χ3v) is 3.73. The van der Waals surface area contributed by atoms with E-state index in [0.29, 0.717) is 13.1 Å². The number of hydrogen-bond donors (Lipinski definition) is 1. The first-order valence-electron chi connectivity index (χ1n) is 6.07. The molecule has 0 aliphatic carbocycles. The van der Waals surface area contributed by atoms with Crippen molar-refractivity contribution < 1.29 is 9.59 Å². The smallest absolute Gasteiger partial charge is 0.227 e. The fourth-order valence-electron chi connectivity index (χ4n) is 2.10. The highest BCUT2D eigenvalue weighted by atomic mass is 79.9. The van der Waals surface area contributed by atoms with E-state index in [1.165, 1.54) is 0 Å². The number of carbonyl (C=O) groups excluding carboxylic acids is 2. The summed E-state index contributed by atoms with van der Waals surface area (Å²) in [6, 6.07) is 7.51. The lowest BCUT2D eigenvalue weighted by Crippen LogP contribution is -2.33. The first kappa shape index (κ1) is 13.8. The summed E-state index contributed by atoms with van der Waals surface area (Å²) < 4.78 is 0.857. The van der Waals surface area contributed by atoms with Gasteiger partial charge in [-0.05, 0) is 28.1 Å². The predicted molar refractivity (Wildman–Crippen MR) is 77.8 cm³/mol. The van der Waals surface area contributed by atoms with Crippen LogP contribution in [0.15, 0.2) is 41.4 Å². The predicted octanol–water partition coefficient (Wildman–Crippen LogP) is 2.10. The summed E-state index contributed by atoms with van der Waals surface area (Å²) in [6.07, 6.45) is 1.88. The Bertz CT molecular complexity index is 516. The number of benzene rings is 1. The van der Waals surface area contributed by atoms with Gasteiger partial charge in [0.05, 0.1) is 11.6 Å². The van der Waals surface area contributed by atoms with E-state index in [9.17, 15) is 9.59 Å². The van der Waals surface area contributed by atoms with Crippen molar-refractivity contribution in [3.63, 3.8) is 0 Å². The van der Waals surface area contributed by atoms with Crippen LogP contribution in [0.5, 0.6) is 0 Å². The number of hydrogen-bond acceptors (Lipinski definition) is 2. The lowest BCUT2D eigenvalue weighted by Gasteiger charge is -2.18. The third-order valence-electron chi connectivity index (χ3n) is 3.06. The Kier molecular flexibility index (Phi) is 4.37. The zero-order valence-electron chi connectivity index (χ0n) is 10.4. The van der Waals surface area contributed by atoms with Crippen LogP contribution in [0.4, 0.5) is 5.69 Å². The average Bonchev–Trinajstić information content (AvgIpc) is 2.78. The number of nitrogens with zero attached hydrogens (tertiary/aromatic N) is 1. The van der Waals surface area contributed by atoms with Gasteiger partial charge in [0.15, 0.2) is 0 Å². The lowest BCUT2D eigenvalue weighted by molar-refractivity contribution is -0.126. The molecule has 19 heavy (non-hydrogen) atoms. The first-order chi connectivity index (χ1) is 9.13. The van der Waals surface area contributed by atoms with E-state index in [4.69, 9.17) is 0 Å². The van der Waals surface area contributed by atoms with Crippen molar-refractivity contribution in [2.45, 2.75) is 6.42 Å². The van der Waals surface area contributed by atoms with Gasteiger partial charge in [-0.25, -0.2) is 0 Å². The Morgan fingerprint density at radius 1 is 1.53 bits per heavy atom. The van der Waals surface area contributed by atoms with Gasteiger partial charge in [-0.3, -0.25) is 9.59 Å². The summed E-state index contributed by atoms with van der Waals surface area (Å²) in [5, 5.41) is 2.73. The van der Waals surface area contributed by atoms with E-state index in [-0.39, 0.29) is 24.2 Å². The fraction of sp³-hybridized carbons (Fsp3) is 0.286. The molecule has 1 atom stereocenters. The van der Waals surface area contributed by atoms with Gasteiger partial charge < -0.3 is 10.2 Å². The topological polar surface area (TPSA) is 49.4 Å². The minimum atomic E-state index is -0.292. The summed E-state index contributed by atoms with van der Waals surface area (Å²) in [7, 11) is 0. The van der Waals surface area contributed by atoms with Crippen LogP contribution in [0.25, 0.3) is 0 Å². The van der Waals surface area contributed by atoms with Gasteiger partial charge in [-0.15, -0.1) is 6.58 Å². The number of amides is 2. The molecule has 1 aliphatic rings. The molecule has 100 valence electrons. The Morgan fingerprint density at radius 2 is 2.26 bits per heavy atom. The Balaban J connectivity index is 2.10. The Morgan fingerprint density at radius 3 is 2.95 bits per heavy atom. The summed E-state index contributed by atoms with van der Waals surface area (Å²) in [5.41, 5.74) is 0.812. The van der Waals surface area contributed by atoms with Crippen LogP contribution >= 0.6 is 15.9 Å². The number of para-hydroxylation sites is 1. The van der Waals surface area contributed by atoms with Crippen LogP contribution in [0, 0.1) is 5.92 Å². The van der Waals surface area contributed by atoms with Gasteiger partial charge in [0.1, 0.15) is 0 Å². The van der Waals surface area contributed by atoms with Crippen molar-refractivity contribution in [1.29, 1.82) is 0 Å². The minimum absolute atomic E-state index is 0.0225. The van der Waals surface area contributed by atoms with E-state index < -0.39 is 0 Å². The van der Waals surface area contributed by atoms with Crippen molar-refractivity contribution >= 4 is 33.4 Å². The molecule has 1 aliphatic heterocycles. The van der Waals surface area contributed by atoms with E-state index >= 15 is 0 Å². The van der Waals surface area contributed by atoms with Crippen LogP contribution in [0.3, 0.4) is 0 Å². The van der Waals surface area contributed by atoms with Crippen molar-refractivity contribution in [3.8, 4) is 0 Å². The van der Waals surface area contributed by atoms with Crippen molar-refractivity contribution in [1.82, 2.24) is 5.32 Å². The van der Waals surface area contributed by atoms with Crippen molar-refractivity contribution in [2.75, 3.05) is 18.0 Å². The van der Waals surface area contributed by atoms with Gasteiger partial charge in [0.25, 0.3) is 0 Å². The maximum absolute atomic E-state index is 12.0. The highest BCUT2D eigenvalue weighted by molar-refractivity contribution is 9.10. The normalized spacial score (nSPS) is 18.5. The van der Waals surface area contributed by atoms with Crippen molar-refractivity contribution in [3.05, 3.63) is 41.4 Å². The van der Waals surface area contributed by atoms with Gasteiger partial charge >= 0.3 is 0 Å². The standard InChI is InChI=1S/C14H15BrN2O2/c1-2-7-16-14(19)10-8-13(18)17(9-10)12-6-4-3-5-11(12)15/h2-6,10H,1,7-9H2,(H,16,19). The number of anilines is 1. The molecular weight excluding hydrogens is 308 g/mol. The van der Waals surface area contributed by atoms with Crippen LogP contribution in [-0.2, 0) is 9.59 Å². The third kappa shape index (κ3) is 3.04. The number of nitrogens with one attached hydrogen (secondary N) is 1. The minimum Gasteiger partial charge on any atom is -0.352 e. The molecule has 1 unspecified atom stereocenters. The van der Waals surface area contributed by atoms with Crippen molar-refractivity contribution in [2.24, 2.45) is 5.92 Å². The average molecular weight is 323 g/mol. The highest BCUT2D eigenvalue weighted by Gasteiger charge is 2.35. The Hall–Kier alpha value is -1.62. The maximum atomic E-state index is 12.0. The monoisotopic (exact) mass is 322 g/mol. The Labute approximate surface area is 120 Å². The molecule has 0 saturated carbocycles. The summed E-state index contributed by atoms with van der Waals surface area (Å²) in [4.78, 5) is 25.5. The molecule has 2 amide bonds. The molecule has 4 nitrogen and oxygen atoms in total. The highest BCUT2D eigenvalue weighted by Crippen LogP contribution is 2.31. The molecule has 1 heterocycles. The van der Waals surface area contributed by atoms with E-state index in [1.807, 2.05) is 24.3 Å². The molecule has 0 bridgehead atoms. The van der Waals surface area contributed by atoms with Gasteiger partial charge in [0, 0.05) is 24.0 Å². The number of halogens is 1. The number of rotatable bonds is 4. The molecule has 5 heteroatoms. The first-order valence-corrected chi connectivity index (χ1v) is 6.86. The van der Waals surface area contributed by atoms with Crippen LogP contribution in [-0.4, -0.2) is 24.9 Å². The zero-order valence-corrected chi connectivity index (χ0v) is 12.0.